The Morgan fingerprint density at radius 3 is 2.53 bits per heavy atom. The van der Waals surface area contributed by atoms with E-state index in [0.29, 0.717) is 0 Å². The van der Waals surface area contributed by atoms with Crippen molar-refractivity contribution >= 4 is 10.9 Å². The molecule has 1 fully saturated rings. The molecule has 2 heteroatoms. The molecule has 0 radical (unpaired) electrons. The molecule has 0 atom stereocenters. The maximum atomic E-state index is 6.36. The predicted molar refractivity (Wildman–Crippen MR) is 72.1 cm³/mol. The Kier molecular flexibility index (Phi) is 2.00. The van der Waals surface area contributed by atoms with Gasteiger partial charge in [0.05, 0.1) is 0 Å². The predicted octanol–water partition coefficient (Wildman–Crippen LogP) is 2.95. The first-order valence-electron chi connectivity index (χ1n) is 6.28. The smallest absolute Gasteiger partial charge is 0.0480 e. The van der Waals surface area contributed by atoms with E-state index in [9.17, 15) is 0 Å². The van der Waals surface area contributed by atoms with Crippen LogP contribution >= 0.6 is 0 Å². The lowest BCUT2D eigenvalue weighted by Gasteiger charge is -2.31. The van der Waals surface area contributed by atoms with Gasteiger partial charge in [0.15, 0.2) is 0 Å². The summed E-state index contributed by atoms with van der Waals surface area (Å²) in [6.45, 7) is 4.30. The van der Waals surface area contributed by atoms with E-state index >= 15 is 0 Å². The van der Waals surface area contributed by atoms with Crippen molar-refractivity contribution in [1.82, 2.24) is 4.57 Å². The van der Waals surface area contributed by atoms with Crippen molar-refractivity contribution in [3.63, 3.8) is 0 Å². The van der Waals surface area contributed by atoms with Crippen molar-refractivity contribution < 1.29 is 0 Å². The van der Waals surface area contributed by atoms with Crippen molar-refractivity contribution in [2.24, 2.45) is 12.8 Å². The van der Waals surface area contributed by atoms with Crippen LogP contribution in [-0.2, 0) is 12.5 Å². The molecule has 2 N–H and O–H groups in total. The topological polar surface area (TPSA) is 30.9 Å². The van der Waals surface area contributed by atoms with E-state index < -0.39 is 0 Å². The van der Waals surface area contributed by atoms with Crippen LogP contribution < -0.4 is 5.73 Å². The Hall–Kier alpha value is -1.28. The molecule has 1 heterocycles. The summed E-state index contributed by atoms with van der Waals surface area (Å²) in [6, 6.07) is 8.95. The summed E-state index contributed by atoms with van der Waals surface area (Å²) < 4.78 is 2.18. The van der Waals surface area contributed by atoms with Crippen LogP contribution in [0.5, 0.6) is 0 Å². The second kappa shape index (κ2) is 3.14. The van der Waals surface area contributed by atoms with Crippen LogP contribution in [0.1, 0.15) is 32.3 Å². The Morgan fingerprint density at radius 1 is 1.24 bits per heavy atom. The molecule has 1 aliphatic carbocycles. The number of nitrogens with zero attached hydrogens (tertiary/aromatic N) is 1. The van der Waals surface area contributed by atoms with Gasteiger partial charge in [-0.25, -0.2) is 0 Å². The van der Waals surface area contributed by atoms with Gasteiger partial charge in [-0.15, -0.1) is 0 Å². The van der Waals surface area contributed by atoms with Crippen molar-refractivity contribution in [2.45, 2.75) is 37.6 Å². The van der Waals surface area contributed by atoms with Crippen LogP contribution in [0.4, 0.5) is 0 Å². The average molecular weight is 228 g/mol. The first-order valence-corrected chi connectivity index (χ1v) is 6.28. The second-order valence-electron chi connectivity index (χ2n) is 6.00. The minimum atomic E-state index is -0.133. The van der Waals surface area contributed by atoms with Gasteiger partial charge in [0.25, 0.3) is 0 Å². The molecule has 2 nitrogen and oxygen atoms in total. The van der Waals surface area contributed by atoms with Crippen LogP contribution in [0.25, 0.3) is 10.9 Å². The van der Waals surface area contributed by atoms with Crippen LogP contribution in [0.15, 0.2) is 30.5 Å². The molecule has 0 saturated heterocycles. The van der Waals surface area contributed by atoms with Gasteiger partial charge in [0.1, 0.15) is 0 Å². The highest BCUT2D eigenvalue weighted by Crippen LogP contribution is 2.54. The van der Waals surface area contributed by atoms with Gasteiger partial charge in [0.2, 0.25) is 0 Å². The minimum Gasteiger partial charge on any atom is -0.351 e. The van der Waals surface area contributed by atoms with Gasteiger partial charge in [-0.05, 0) is 49.8 Å². The summed E-state index contributed by atoms with van der Waals surface area (Å²) in [5.41, 5.74) is 9.13. The summed E-state index contributed by atoms with van der Waals surface area (Å²) in [7, 11) is 2.10. The van der Waals surface area contributed by atoms with Crippen molar-refractivity contribution in [2.75, 3.05) is 0 Å². The number of benzene rings is 1. The lowest BCUT2D eigenvalue weighted by atomic mass is 9.79. The number of rotatable bonds is 2. The third-order valence-corrected chi connectivity index (χ3v) is 4.42. The van der Waals surface area contributed by atoms with Crippen molar-refractivity contribution in [3.8, 4) is 0 Å². The molecule has 0 spiro atoms. The summed E-state index contributed by atoms with van der Waals surface area (Å²) in [5.74, 6) is 0. The van der Waals surface area contributed by atoms with E-state index in [1.165, 1.54) is 29.3 Å². The number of aromatic nitrogens is 1. The zero-order chi connectivity index (χ0) is 12.3. The highest BCUT2D eigenvalue weighted by atomic mass is 14.9. The molecular weight excluding hydrogens is 208 g/mol. The third-order valence-electron chi connectivity index (χ3n) is 4.42. The fourth-order valence-corrected chi connectivity index (χ4v) is 2.99. The van der Waals surface area contributed by atoms with Crippen molar-refractivity contribution in [1.29, 1.82) is 0 Å². The molecule has 1 saturated carbocycles. The molecule has 17 heavy (non-hydrogen) atoms. The summed E-state index contributed by atoms with van der Waals surface area (Å²) in [4.78, 5) is 0. The summed E-state index contributed by atoms with van der Waals surface area (Å²) in [6.07, 6.45) is 4.54. The quantitative estimate of drug-likeness (QED) is 0.841. The molecule has 0 amide bonds. The van der Waals surface area contributed by atoms with E-state index in [1.54, 1.807) is 0 Å². The maximum Gasteiger partial charge on any atom is 0.0480 e. The molecule has 2 aromatic rings. The van der Waals surface area contributed by atoms with E-state index in [1.807, 2.05) is 0 Å². The lowest BCUT2D eigenvalue weighted by molar-refractivity contribution is 0.392. The van der Waals surface area contributed by atoms with Gasteiger partial charge in [-0.1, -0.05) is 12.1 Å². The van der Waals surface area contributed by atoms with Crippen molar-refractivity contribution in [3.05, 3.63) is 36.0 Å². The molecule has 1 aromatic carbocycles. The Bertz CT molecular complexity index is 568. The fraction of sp³-hybridized carbons (Fsp3) is 0.467. The Labute approximate surface area is 102 Å². The number of aryl methyl sites for hydroxylation is 1. The number of nitrogens with two attached hydrogens (primary N) is 1. The molecule has 0 unspecified atom stereocenters. The molecular formula is C15H20N2. The van der Waals surface area contributed by atoms with Gasteiger partial charge in [0, 0.05) is 29.7 Å². The molecule has 0 bridgehead atoms. The van der Waals surface area contributed by atoms with E-state index in [4.69, 9.17) is 5.73 Å². The van der Waals surface area contributed by atoms with Gasteiger partial charge in [-0.2, -0.15) is 0 Å². The first-order chi connectivity index (χ1) is 7.94. The van der Waals surface area contributed by atoms with E-state index in [2.05, 4.69) is 55.9 Å². The summed E-state index contributed by atoms with van der Waals surface area (Å²) >= 11 is 0. The average Bonchev–Trinajstić information content (AvgIpc) is 3.00. The monoisotopic (exact) mass is 228 g/mol. The standard InChI is InChI=1S/C15H20N2/c1-14(2,16)15(7-8-15)12-5-4-11-6-9-17(3)13(11)10-12/h4-6,9-10H,7-8,16H2,1-3H3. The highest BCUT2D eigenvalue weighted by Gasteiger charge is 2.53. The lowest BCUT2D eigenvalue weighted by Crippen LogP contribution is -2.45. The van der Waals surface area contributed by atoms with Crippen LogP contribution in [0.2, 0.25) is 0 Å². The SMILES string of the molecule is Cn1ccc2ccc(C3(C(C)(C)N)CC3)cc21. The zero-order valence-electron chi connectivity index (χ0n) is 10.8. The highest BCUT2D eigenvalue weighted by molar-refractivity contribution is 5.81. The van der Waals surface area contributed by atoms with E-state index in [-0.39, 0.29) is 11.0 Å². The second-order valence-corrected chi connectivity index (χ2v) is 6.00. The zero-order valence-corrected chi connectivity index (χ0v) is 10.8. The van der Waals surface area contributed by atoms with Gasteiger partial charge < -0.3 is 10.3 Å². The molecule has 90 valence electrons. The Morgan fingerprint density at radius 2 is 1.94 bits per heavy atom. The van der Waals surface area contributed by atoms with Gasteiger partial charge >= 0.3 is 0 Å². The van der Waals surface area contributed by atoms with Gasteiger partial charge in [-0.3, -0.25) is 0 Å². The molecule has 1 aromatic heterocycles. The number of hydrogen-bond acceptors (Lipinski definition) is 1. The van der Waals surface area contributed by atoms with Crippen LogP contribution in [0.3, 0.4) is 0 Å². The molecule has 3 rings (SSSR count). The van der Waals surface area contributed by atoms with Crippen LogP contribution in [0, 0.1) is 0 Å². The number of fused-ring (bicyclic) bond motifs is 1. The number of hydrogen-bond donors (Lipinski definition) is 1. The third kappa shape index (κ3) is 1.44. The maximum absolute atomic E-state index is 6.36. The minimum absolute atomic E-state index is 0.133. The summed E-state index contributed by atoms with van der Waals surface area (Å²) in [5, 5.41) is 1.31. The van der Waals surface area contributed by atoms with E-state index in [0.717, 1.165) is 0 Å². The first kappa shape index (κ1) is 10.8. The van der Waals surface area contributed by atoms with Crippen LogP contribution in [-0.4, -0.2) is 10.1 Å². The Balaban J connectivity index is 2.16. The molecule has 0 aliphatic heterocycles. The molecule has 1 aliphatic rings. The largest absolute Gasteiger partial charge is 0.351 e. The fourth-order valence-electron chi connectivity index (χ4n) is 2.99. The normalized spacial score (nSPS) is 18.6.